The van der Waals surface area contributed by atoms with Crippen LogP contribution in [0.2, 0.25) is 10.0 Å². The van der Waals surface area contributed by atoms with Crippen molar-refractivity contribution in [3.05, 3.63) is 56.1 Å². The summed E-state index contributed by atoms with van der Waals surface area (Å²) in [5, 5.41) is 0.268. The van der Waals surface area contributed by atoms with E-state index in [0.717, 1.165) is 0 Å². The summed E-state index contributed by atoms with van der Waals surface area (Å²) < 4.78 is 14.3. The van der Waals surface area contributed by atoms with Gasteiger partial charge in [0, 0.05) is 12.4 Å². The van der Waals surface area contributed by atoms with Crippen LogP contribution in [0.4, 0.5) is 0 Å². The average Bonchev–Trinajstić information content (AvgIpc) is 2.64. The van der Waals surface area contributed by atoms with Gasteiger partial charge in [0.15, 0.2) is 0 Å². The van der Waals surface area contributed by atoms with Gasteiger partial charge in [0.1, 0.15) is 10.0 Å². The van der Waals surface area contributed by atoms with Crippen molar-refractivity contribution in [1.29, 1.82) is 0 Å². The molecule has 2 aromatic rings. The summed E-state index contributed by atoms with van der Waals surface area (Å²) in [5.74, 6) is -0.687. The third-order valence-electron chi connectivity index (χ3n) is 2.85. The molecule has 0 aliphatic carbocycles. The van der Waals surface area contributed by atoms with Crippen LogP contribution in [-0.4, -0.2) is 42.2 Å². The second kappa shape index (κ2) is 10.5. The number of nitrogens with zero attached hydrogens (tertiary/aromatic N) is 1. The molecule has 8 nitrogen and oxygen atoms in total. The first-order chi connectivity index (χ1) is 12.7. The minimum Gasteiger partial charge on any atom is -0.474 e. The largest absolute Gasteiger partial charge is 0.474 e. The topological polar surface area (TPSA) is 108 Å². The van der Waals surface area contributed by atoms with Gasteiger partial charge in [-0.1, -0.05) is 23.2 Å². The van der Waals surface area contributed by atoms with Crippen LogP contribution in [0.1, 0.15) is 34.6 Å². The molecule has 0 saturated heterocycles. The SMILES string of the molecule is COC(=O)c1c[nH]c(=O)c(Cl)c1.COC(=O)c1cnc(OC(C)C)c(Cl)c1. The van der Waals surface area contributed by atoms with E-state index in [1.165, 1.54) is 38.7 Å². The Labute approximate surface area is 165 Å². The molecule has 0 radical (unpaired) electrons. The molecule has 27 heavy (non-hydrogen) atoms. The lowest BCUT2D eigenvalue weighted by Crippen LogP contribution is -2.09. The van der Waals surface area contributed by atoms with Crippen LogP contribution in [-0.2, 0) is 9.47 Å². The number of hydrogen-bond acceptors (Lipinski definition) is 7. The summed E-state index contributed by atoms with van der Waals surface area (Å²) in [4.78, 5) is 39.0. The average molecular weight is 417 g/mol. The lowest BCUT2D eigenvalue weighted by Gasteiger charge is -2.10. The zero-order chi connectivity index (χ0) is 20.6. The van der Waals surface area contributed by atoms with E-state index in [-0.39, 0.29) is 16.7 Å². The number of aromatic amines is 1. The highest BCUT2D eigenvalue weighted by molar-refractivity contribution is 6.32. The summed E-state index contributed by atoms with van der Waals surface area (Å²) in [6, 6.07) is 2.73. The molecule has 10 heteroatoms. The van der Waals surface area contributed by atoms with Gasteiger partial charge in [-0.25, -0.2) is 14.6 Å². The first kappa shape index (κ1) is 22.5. The van der Waals surface area contributed by atoms with Crippen molar-refractivity contribution in [3.63, 3.8) is 0 Å². The maximum Gasteiger partial charge on any atom is 0.339 e. The normalized spacial score (nSPS) is 9.89. The molecule has 0 aliphatic heterocycles. The molecule has 0 amide bonds. The molecule has 2 rings (SSSR count). The summed E-state index contributed by atoms with van der Waals surface area (Å²) in [5.41, 5.74) is 0.102. The Morgan fingerprint density at radius 1 is 1.04 bits per heavy atom. The quantitative estimate of drug-likeness (QED) is 0.762. The number of ether oxygens (including phenoxy) is 3. The van der Waals surface area contributed by atoms with E-state index >= 15 is 0 Å². The molecule has 0 aliphatic rings. The number of nitrogens with one attached hydrogen (secondary N) is 1. The maximum atomic E-state index is 11.1. The van der Waals surface area contributed by atoms with Gasteiger partial charge in [-0.2, -0.15) is 0 Å². The first-order valence-electron chi connectivity index (χ1n) is 7.56. The second-order valence-corrected chi connectivity index (χ2v) is 6.04. The third-order valence-corrected chi connectivity index (χ3v) is 3.41. The predicted octanol–water partition coefficient (Wildman–Crippen LogP) is 3.12. The third kappa shape index (κ3) is 6.92. The van der Waals surface area contributed by atoms with Gasteiger partial charge >= 0.3 is 11.9 Å². The Bertz CT molecular complexity index is 867. The fourth-order valence-corrected chi connectivity index (χ4v) is 2.04. The molecule has 0 unspecified atom stereocenters. The van der Waals surface area contributed by atoms with E-state index in [9.17, 15) is 14.4 Å². The molecular weight excluding hydrogens is 399 g/mol. The highest BCUT2D eigenvalue weighted by Gasteiger charge is 2.11. The van der Waals surface area contributed by atoms with Crippen LogP contribution in [0.3, 0.4) is 0 Å². The minimum atomic E-state index is -0.534. The number of methoxy groups -OCH3 is 2. The predicted molar refractivity (Wildman–Crippen MR) is 99.8 cm³/mol. The van der Waals surface area contributed by atoms with E-state index in [0.29, 0.717) is 16.5 Å². The number of rotatable bonds is 4. The lowest BCUT2D eigenvalue weighted by molar-refractivity contribution is 0.0591. The van der Waals surface area contributed by atoms with Crippen molar-refractivity contribution >= 4 is 35.1 Å². The van der Waals surface area contributed by atoms with Crippen LogP contribution in [0.15, 0.2) is 29.3 Å². The van der Waals surface area contributed by atoms with Crippen LogP contribution >= 0.6 is 23.2 Å². The van der Waals surface area contributed by atoms with Crippen LogP contribution in [0, 0.1) is 0 Å². The van der Waals surface area contributed by atoms with E-state index in [1.807, 2.05) is 13.8 Å². The van der Waals surface area contributed by atoms with Gasteiger partial charge in [0.2, 0.25) is 5.88 Å². The lowest BCUT2D eigenvalue weighted by atomic mass is 10.3. The first-order valence-corrected chi connectivity index (χ1v) is 8.32. The molecule has 146 valence electrons. The fraction of sp³-hybridized carbons (Fsp3) is 0.294. The number of carbonyl (C=O) groups excluding carboxylic acids is 2. The maximum absolute atomic E-state index is 11.1. The summed E-state index contributed by atoms with van der Waals surface area (Å²) in [6.45, 7) is 3.73. The van der Waals surface area contributed by atoms with Gasteiger partial charge in [-0.05, 0) is 26.0 Å². The Hall–Kier alpha value is -2.58. The fourth-order valence-electron chi connectivity index (χ4n) is 1.66. The molecule has 2 aromatic heterocycles. The van der Waals surface area contributed by atoms with Crippen molar-refractivity contribution < 1.29 is 23.8 Å². The van der Waals surface area contributed by atoms with Gasteiger partial charge in [0.05, 0.1) is 31.5 Å². The summed E-state index contributed by atoms with van der Waals surface area (Å²) >= 11 is 11.3. The van der Waals surface area contributed by atoms with Crippen LogP contribution in [0.5, 0.6) is 5.88 Å². The Kier molecular flexibility index (Phi) is 8.77. The molecule has 0 saturated carbocycles. The van der Waals surface area contributed by atoms with Gasteiger partial charge in [-0.15, -0.1) is 0 Å². The number of halogens is 2. The zero-order valence-electron chi connectivity index (χ0n) is 15.0. The van der Waals surface area contributed by atoms with Gasteiger partial charge in [-0.3, -0.25) is 4.79 Å². The monoisotopic (exact) mass is 416 g/mol. The van der Waals surface area contributed by atoms with E-state index in [1.54, 1.807) is 0 Å². The van der Waals surface area contributed by atoms with E-state index in [2.05, 4.69) is 19.4 Å². The molecule has 2 heterocycles. The molecular formula is C17H18Cl2N2O6. The van der Waals surface area contributed by atoms with Crippen LogP contribution < -0.4 is 10.3 Å². The van der Waals surface area contributed by atoms with E-state index in [4.69, 9.17) is 27.9 Å². The van der Waals surface area contributed by atoms with Crippen molar-refractivity contribution in [2.75, 3.05) is 14.2 Å². The molecule has 1 N–H and O–H groups in total. The van der Waals surface area contributed by atoms with Crippen molar-refractivity contribution in [2.45, 2.75) is 20.0 Å². The van der Waals surface area contributed by atoms with Gasteiger partial charge in [0.25, 0.3) is 5.56 Å². The second-order valence-electron chi connectivity index (χ2n) is 5.23. The zero-order valence-corrected chi connectivity index (χ0v) is 16.6. The Morgan fingerprint density at radius 3 is 2.07 bits per heavy atom. The van der Waals surface area contributed by atoms with Crippen LogP contribution in [0.25, 0.3) is 0 Å². The highest BCUT2D eigenvalue weighted by atomic mass is 35.5. The molecule has 0 atom stereocenters. The number of hydrogen-bond donors (Lipinski definition) is 1. The van der Waals surface area contributed by atoms with Crippen molar-refractivity contribution in [3.8, 4) is 5.88 Å². The van der Waals surface area contributed by atoms with Gasteiger partial charge < -0.3 is 19.2 Å². The Balaban J connectivity index is 0.000000277. The summed E-state index contributed by atoms with van der Waals surface area (Å²) in [7, 11) is 2.55. The molecule has 0 bridgehead atoms. The van der Waals surface area contributed by atoms with Crippen molar-refractivity contribution in [2.24, 2.45) is 0 Å². The number of esters is 2. The molecule has 0 aromatic carbocycles. The number of carbonyl (C=O) groups is 2. The minimum absolute atomic E-state index is 0.0148. The standard InChI is InChI=1S/C10H12ClNO3.C7H6ClNO3/c1-6(2)15-9-8(11)4-7(5-12-9)10(13)14-3;1-12-7(11)4-2-5(8)6(10)9-3-4/h4-6H,1-3H3;2-3H,1H3,(H,9,10). The number of H-pyrrole nitrogens is 1. The molecule has 0 spiro atoms. The smallest absolute Gasteiger partial charge is 0.339 e. The number of aromatic nitrogens is 2. The Morgan fingerprint density at radius 2 is 1.59 bits per heavy atom. The molecule has 0 fully saturated rings. The summed E-state index contributed by atoms with van der Waals surface area (Å²) in [6.07, 6.45) is 2.61. The van der Waals surface area contributed by atoms with Crippen molar-refractivity contribution in [1.82, 2.24) is 9.97 Å². The van der Waals surface area contributed by atoms with E-state index < -0.39 is 17.5 Å². The highest BCUT2D eigenvalue weighted by Crippen LogP contribution is 2.23. The number of pyridine rings is 2.